The second kappa shape index (κ2) is 8.41. The average Bonchev–Trinajstić information content (AvgIpc) is 2.55. The van der Waals surface area contributed by atoms with E-state index in [1.54, 1.807) is 18.2 Å². The maximum absolute atomic E-state index is 12.0. The lowest BCUT2D eigenvalue weighted by molar-refractivity contribution is -0.115. The van der Waals surface area contributed by atoms with Crippen LogP contribution in [0.4, 0.5) is 5.69 Å². The zero-order valence-corrected chi connectivity index (χ0v) is 15.7. The third-order valence-corrected chi connectivity index (χ3v) is 5.40. The van der Waals surface area contributed by atoms with E-state index >= 15 is 0 Å². The average molecular weight is 411 g/mol. The molecule has 5 nitrogen and oxygen atoms in total. The maximum Gasteiger partial charge on any atom is 0.239 e. The molecule has 0 aliphatic rings. The summed E-state index contributed by atoms with van der Waals surface area (Å²) in [5, 5.41) is 2.65. The van der Waals surface area contributed by atoms with Crippen LogP contribution in [0.3, 0.4) is 0 Å². The fourth-order valence-corrected chi connectivity index (χ4v) is 3.40. The van der Waals surface area contributed by atoms with Gasteiger partial charge in [-0.05, 0) is 47.0 Å². The summed E-state index contributed by atoms with van der Waals surface area (Å²) in [5.41, 5.74) is 2.67. The number of amides is 1. The van der Waals surface area contributed by atoms with Crippen LogP contribution in [0, 0.1) is 6.92 Å². The molecule has 0 atom stereocenters. The standard InChI is InChI=1S/C17H19BrN2O3S/c1-13-6-8-14(9-7-13)10-11-24(22,23)19-12-17(21)20-16-5-3-2-4-15(16)18/h2-9,19H,10-12H2,1H3,(H,20,21). The predicted octanol–water partition coefficient (Wildman–Crippen LogP) is 2.86. The Labute approximate surface area is 150 Å². The molecule has 0 saturated heterocycles. The number of benzene rings is 2. The summed E-state index contributed by atoms with van der Waals surface area (Å²) in [5.74, 6) is -0.473. The Kier molecular flexibility index (Phi) is 6.53. The van der Waals surface area contributed by atoms with Crippen LogP contribution in [0.2, 0.25) is 0 Å². The minimum atomic E-state index is -3.51. The van der Waals surface area contributed by atoms with E-state index in [2.05, 4.69) is 26.0 Å². The number of aryl methyl sites for hydroxylation is 2. The molecule has 0 aliphatic carbocycles. The van der Waals surface area contributed by atoms with Crippen molar-refractivity contribution >= 4 is 37.5 Å². The number of carbonyl (C=O) groups excluding carboxylic acids is 1. The van der Waals surface area contributed by atoms with Crippen molar-refractivity contribution in [2.24, 2.45) is 0 Å². The number of para-hydroxylation sites is 1. The molecule has 2 N–H and O–H groups in total. The highest BCUT2D eigenvalue weighted by Crippen LogP contribution is 2.20. The van der Waals surface area contributed by atoms with Crippen molar-refractivity contribution in [1.29, 1.82) is 0 Å². The Hall–Kier alpha value is -1.70. The number of halogens is 1. The van der Waals surface area contributed by atoms with E-state index in [0.717, 1.165) is 15.6 Å². The molecule has 0 radical (unpaired) electrons. The van der Waals surface area contributed by atoms with E-state index in [1.165, 1.54) is 0 Å². The normalized spacial score (nSPS) is 11.2. The van der Waals surface area contributed by atoms with Crippen molar-refractivity contribution < 1.29 is 13.2 Å². The van der Waals surface area contributed by atoms with Crippen LogP contribution in [0.25, 0.3) is 0 Å². The molecule has 2 rings (SSSR count). The van der Waals surface area contributed by atoms with Gasteiger partial charge >= 0.3 is 0 Å². The maximum atomic E-state index is 12.0. The first kappa shape index (κ1) is 18.6. The second-order valence-electron chi connectivity index (χ2n) is 5.40. The molecule has 0 saturated carbocycles. The molecule has 24 heavy (non-hydrogen) atoms. The van der Waals surface area contributed by atoms with Gasteiger partial charge in [-0.15, -0.1) is 0 Å². The number of nitrogens with one attached hydrogen (secondary N) is 2. The number of hydrogen-bond acceptors (Lipinski definition) is 3. The highest BCUT2D eigenvalue weighted by Gasteiger charge is 2.13. The summed E-state index contributed by atoms with van der Waals surface area (Å²) < 4.78 is 27.1. The molecular formula is C17H19BrN2O3S. The Morgan fingerprint density at radius 3 is 2.42 bits per heavy atom. The number of carbonyl (C=O) groups is 1. The molecule has 0 unspecified atom stereocenters. The number of sulfonamides is 1. The van der Waals surface area contributed by atoms with E-state index in [9.17, 15) is 13.2 Å². The molecule has 0 spiro atoms. The molecule has 0 fully saturated rings. The molecular weight excluding hydrogens is 392 g/mol. The summed E-state index contributed by atoms with van der Waals surface area (Å²) in [6.45, 7) is 1.68. The van der Waals surface area contributed by atoms with Crippen LogP contribution in [-0.4, -0.2) is 26.6 Å². The van der Waals surface area contributed by atoms with Crippen LogP contribution < -0.4 is 10.0 Å². The quantitative estimate of drug-likeness (QED) is 0.736. The Balaban J connectivity index is 1.82. The van der Waals surface area contributed by atoms with Gasteiger partial charge in [-0.2, -0.15) is 0 Å². The van der Waals surface area contributed by atoms with Gasteiger partial charge in [0.05, 0.1) is 18.0 Å². The summed E-state index contributed by atoms with van der Waals surface area (Å²) in [4.78, 5) is 11.9. The topological polar surface area (TPSA) is 75.3 Å². The molecule has 1 amide bonds. The lowest BCUT2D eigenvalue weighted by Gasteiger charge is -2.09. The van der Waals surface area contributed by atoms with Crippen LogP contribution in [-0.2, 0) is 21.2 Å². The van der Waals surface area contributed by atoms with Gasteiger partial charge in [-0.1, -0.05) is 42.0 Å². The van der Waals surface area contributed by atoms with E-state index < -0.39 is 15.9 Å². The van der Waals surface area contributed by atoms with Gasteiger partial charge in [-0.25, -0.2) is 13.1 Å². The number of rotatable bonds is 7. The first-order chi connectivity index (χ1) is 11.4. The zero-order chi connectivity index (χ0) is 17.6. The predicted molar refractivity (Wildman–Crippen MR) is 99.4 cm³/mol. The van der Waals surface area contributed by atoms with Crippen molar-refractivity contribution in [3.05, 3.63) is 64.1 Å². The summed E-state index contributed by atoms with van der Waals surface area (Å²) in [6.07, 6.45) is 0.404. The molecule has 2 aromatic carbocycles. The highest BCUT2D eigenvalue weighted by molar-refractivity contribution is 9.10. The van der Waals surface area contributed by atoms with Gasteiger partial charge in [0, 0.05) is 4.47 Å². The lowest BCUT2D eigenvalue weighted by Crippen LogP contribution is -2.34. The van der Waals surface area contributed by atoms with Crippen molar-refractivity contribution in [1.82, 2.24) is 4.72 Å². The van der Waals surface area contributed by atoms with Crippen molar-refractivity contribution in [2.45, 2.75) is 13.3 Å². The molecule has 0 aromatic heterocycles. The number of hydrogen-bond donors (Lipinski definition) is 2. The largest absolute Gasteiger partial charge is 0.324 e. The summed E-state index contributed by atoms with van der Waals surface area (Å²) in [7, 11) is -3.51. The molecule has 2 aromatic rings. The smallest absolute Gasteiger partial charge is 0.239 e. The molecule has 0 aliphatic heterocycles. The minimum Gasteiger partial charge on any atom is -0.324 e. The Morgan fingerprint density at radius 2 is 1.75 bits per heavy atom. The van der Waals surface area contributed by atoms with E-state index in [4.69, 9.17) is 0 Å². The first-order valence-electron chi connectivity index (χ1n) is 7.43. The summed E-state index contributed by atoms with van der Waals surface area (Å²) >= 11 is 3.32. The van der Waals surface area contributed by atoms with Gasteiger partial charge in [0.15, 0.2) is 0 Å². The van der Waals surface area contributed by atoms with Crippen molar-refractivity contribution in [3.63, 3.8) is 0 Å². The van der Waals surface area contributed by atoms with Gasteiger partial charge in [0.2, 0.25) is 15.9 Å². The highest BCUT2D eigenvalue weighted by atomic mass is 79.9. The lowest BCUT2D eigenvalue weighted by atomic mass is 10.1. The molecule has 7 heteroatoms. The number of anilines is 1. The SMILES string of the molecule is Cc1ccc(CCS(=O)(=O)NCC(=O)Nc2ccccc2Br)cc1. The fraction of sp³-hybridized carbons (Fsp3) is 0.235. The van der Waals surface area contributed by atoms with Gasteiger partial charge in [-0.3, -0.25) is 4.79 Å². The molecule has 0 bridgehead atoms. The fourth-order valence-electron chi connectivity index (χ4n) is 2.01. The van der Waals surface area contributed by atoms with Crippen LogP contribution in [0.5, 0.6) is 0 Å². The molecule has 0 heterocycles. The van der Waals surface area contributed by atoms with Gasteiger partial charge < -0.3 is 5.32 Å². The molecule has 128 valence electrons. The second-order valence-corrected chi connectivity index (χ2v) is 8.18. The van der Waals surface area contributed by atoms with E-state index in [0.29, 0.717) is 12.1 Å². The van der Waals surface area contributed by atoms with Gasteiger partial charge in [0.1, 0.15) is 0 Å². The summed E-state index contributed by atoms with van der Waals surface area (Å²) in [6, 6.07) is 14.8. The van der Waals surface area contributed by atoms with E-state index in [-0.39, 0.29) is 12.3 Å². The van der Waals surface area contributed by atoms with Gasteiger partial charge in [0.25, 0.3) is 0 Å². The first-order valence-corrected chi connectivity index (χ1v) is 9.87. The minimum absolute atomic E-state index is 0.0572. The van der Waals surface area contributed by atoms with Crippen molar-refractivity contribution in [2.75, 3.05) is 17.6 Å². The van der Waals surface area contributed by atoms with Crippen LogP contribution in [0.15, 0.2) is 53.0 Å². The monoisotopic (exact) mass is 410 g/mol. The third-order valence-electron chi connectivity index (χ3n) is 3.38. The van der Waals surface area contributed by atoms with Crippen LogP contribution in [0.1, 0.15) is 11.1 Å². The van der Waals surface area contributed by atoms with Crippen LogP contribution >= 0.6 is 15.9 Å². The zero-order valence-electron chi connectivity index (χ0n) is 13.3. The van der Waals surface area contributed by atoms with Crippen molar-refractivity contribution in [3.8, 4) is 0 Å². The van der Waals surface area contributed by atoms with E-state index in [1.807, 2.05) is 37.3 Å². The Bertz CT molecular complexity index is 805. The third kappa shape index (κ3) is 6.07. The Morgan fingerprint density at radius 1 is 1.08 bits per heavy atom.